The first kappa shape index (κ1) is 16.8. The van der Waals surface area contributed by atoms with Gasteiger partial charge in [0.15, 0.2) is 0 Å². The van der Waals surface area contributed by atoms with Gasteiger partial charge in [0.05, 0.1) is 6.04 Å². The number of hydrogen-bond acceptors (Lipinski definition) is 3. The molecule has 0 amide bonds. The lowest BCUT2D eigenvalue weighted by molar-refractivity contribution is 0.151. The lowest BCUT2D eigenvalue weighted by Gasteiger charge is -2.35. The Hall–Kier alpha value is -0.610. The van der Waals surface area contributed by atoms with Gasteiger partial charge in [0.2, 0.25) is 0 Å². The molecule has 4 heteroatoms. The van der Waals surface area contributed by atoms with Gasteiger partial charge in [-0.15, -0.1) is 0 Å². The summed E-state index contributed by atoms with van der Waals surface area (Å²) in [6.45, 7) is 7.72. The molecule has 2 rings (SSSR count). The van der Waals surface area contributed by atoms with Crippen LogP contribution >= 0.6 is 11.6 Å². The van der Waals surface area contributed by atoms with Crippen molar-refractivity contribution in [2.24, 2.45) is 5.73 Å². The number of nitrogens with two attached hydrogens (primary N) is 1. The van der Waals surface area contributed by atoms with Crippen LogP contribution in [0.5, 0.6) is 0 Å². The highest BCUT2D eigenvalue weighted by Gasteiger charge is 2.29. The minimum Gasteiger partial charge on any atom is -0.326 e. The van der Waals surface area contributed by atoms with Crippen LogP contribution < -0.4 is 5.73 Å². The molecule has 3 unspecified atom stereocenters. The molecule has 3 atom stereocenters. The third-order valence-electron chi connectivity index (χ3n) is 4.60. The van der Waals surface area contributed by atoms with Crippen molar-refractivity contribution in [1.29, 1.82) is 0 Å². The Morgan fingerprint density at radius 1 is 1.43 bits per heavy atom. The number of likely N-dealkylation sites (tertiary alicyclic amines) is 1. The van der Waals surface area contributed by atoms with Crippen molar-refractivity contribution < 1.29 is 0 Å². The smallest absolute Gasteiger partial charge is 0.0508 e. The first-order valence-electron chi connectivity index (χ1n) is 7.98. The Balaban J connectivity index is 2.13. The van der Waals surface area contributed by atoms with E-state index < -0.39 is 0 Å². The highest BCUT2D eigenvalue weighted by Crippen LogP contribution is 2.30. The number of likely N-dealkylation sites (N-methyl/N-ethyl adjacent to an activating group) is 2. The van der Waals surface area contributed by atoms with Crippen LogP contribution in [0.1, 0.15) is 38.3 Å². The van der Waals surface area contributed by atoms with Gasteiger partial charge in [0.1, 0.15) is 0 Å². The lowest BCUT2D eigenvalue weighted by Crippen LogP contribution is -2.44. The van der Waals surface area contributed by atoms with E-state index in [-0.39, 0.29) is 12.1 Å². The summed E-state index contributed by atoms with van der Waals surface area (Å²) in [6.07, 6.45) is 2.59. The van der Waals surface area contributed by atoms with Crippen LogP contribution in [0.25, 0.3) is 0 Å². The molecule has 3 nitrogen and oxygen atoms in total. The zero-order valence-electron chi connectivity index (χ0n) is 13.4. The summed E-state index contributed by atoms with van der Waals surface area (Å²) in [7, 11) is 2.17. The van der Waals surface area contributed by atoms with E-state index in [9.17, 15) is 0 Å². The van der Waals surface area contributed by atoms with Crippen molar-refractivity contribution >= 4 is 11.6 Å². The topological polar surface area (TPSA) is 32.5 Å². The first-order chi connectivity index (χ1) is 10.0. The summed E-state index contributed by atoms with van der Waals surface area (Å²) in [5, 5.41) is 0.811. The SMILES string of the molecule is CCN1CCCC1CN(C)C(c1ccccc1Cl)C(C)N. The first-order valence-corrected chi connectivity index (χ1v) is 8.36. The summed E-state index contributed by atoms with van der Waals surface area (Å²) < 4.78 is 0. The summed E-state index contributed by atoms with van der Waals surface area (Å²) in [5.74, 6) is 0. The van der Waals surface area contributed by atoms with Crippen molar-refractivity contribution in [3.63, 3.8) is 0 Å². The molecule has 0 spiro atoms. The minimum atomic E-state index is 0.0476. The highest BCUT2D eigenvalue weighted by atomic mass is 35.5. The minimum absolute atomic E-state index is 0.0476. The maximum Gasteiger partial charge on any atom is 0.0508 e. The number of hydrogen-bond donors (Lipinski definition) is 1. The molecule has 0 aromatic heterocycles. The van der Waals surface area contributed by atoms with E-state index in [0.717, 1.165) is 23.7 Å². The monoisotopic (exact) mass is 309 g/mol. The van der Waals surface area contributed by atoms with Crippen molar-refractivity contribution in [3.8, 4) is 0 Å². The molecule has 1 fully saturated rings. The van der Waals surface area contributed by atoms with Crippen LogP contribution in [0, 0.1) is 0 Å². The van der Waals surface area contributed by atoms with Crippen molar-refractivity contribution in [1.82, 2.24) is 9.80 Å². The summed E-state index contributed by atoms with van der Waals surface area (Å²) in [6, 6.07) is 8.92. The van der Waals surface area contributed by atoms with Gasteiger partial charge in [-0.3, -0.25) is 9.80 Å². The van der Waals surface area contributed by atoms with Crippen LogP contribution in [0.3, 0.4) is 0 Å². The molecule has 1 aliphatic heterocycles. The second-order valence-corrected chi connectivity index (χ2v) is 6.60. The fraction of sp³-hybridized carbons (Fsp3) is 0.647. The molecule has 1 saturated heterocycles. The van der Waals surface area contributed by atoms with Crippen LogP contribution in [0.15, 0.2) is 24.3 Å². The van der Waals surface area contributed by atoms with Gasteiger partial charge in [-0.25, -0.2) is 0 Å². The maximum absolute atomic E-state index is 6.39. The summed E-state index contributed by atoms with van der Waals surface area (Å²) in [4.78, 5) is 4.95. The number of nitrogens with zero attached hydrogens (tertiary/aromatic N) is 2. The van der Waals surface area contributed by atoms with E-state index >= 15 is 0 Å². The Morgan fingerprint density at radius 2 is 2.14 bits per heavy atom. The second-order valence-electron chi connectivity index (χ2n) is 6.19. The number of rotatable bonds is 6. The van der Waals surface area contributed by atoms with E-state index in [1.807, 2.05) is 18.2 Å². The number of halogens is 1. The lowest BCUT2D eigenvalue weighted by atomic mass is 9.98. The molecule has 1 aromatic carbocycles. The van der Waals surface area contributed by atoms with Gasteiger partial charge in [-0.05, 0) is 51.5 Å². The van der Waals surface area contributed by atoms with E-state index in [0.29, 0.717) is 6.04 Å². The predicted molar refractivity (Wildman–Crippen MR) is 90.7 cm³/mol. The Kier molecular flexibility index (Phi) is 6.06. The molecule has 118 valence electrons. The largest absolute Gasteiger partial charge is 0.326 e. The normalized spacial score (nSPS) is 22.7. The van der Waals surface area contributed by atoms with Gasteiger partial charge < -0.3 is 5.73 Å². The molecule has 0 radical (unpaired) electrons. The average molecular weight is 310 g/mol. The van der Waals surface area contributed by atoms with Gasteiger partial charge >= 0.3 is 0 Å². The predicted octanol–water partition coefficient (Wildman–Crippen LogP) is 3.14. The van der Waals surface area contributed by atoms with E-state index in [1.165, 1.54) is 19.4 Å². The van der Waals surface area contributed by atoms with E-state index in [1.54, 1.807) is 0 Å². The van der Waals surface area contributed by atoms with Crippen LogP contribution in [0.4, 0.5) is 0 Å². The Bertz CT molecular complexity index is 449. The van der Waals surface area contributed by atoms with Crippen molar-refractivity contribution in [2.45, 2.75) is 44.8 Å². The molecule has 2 N–H and O–H groups in total. The second kappa shape index (κ2) is 7.59. The molecule has 21 heavy (non-hydrogen) atoms. The molecule has 1 aromatic rings. The van der Waals surface area contributed by atoms with Crippen LogP contribution in [0.2, 0.25) is 5.02 Å². The zero-order chi connectivity index (χ0) is 15.4. The quantitative estimate of drug-likeness (QED) is 0.876. The molecular weight excluding hydrogens is 282 g/mol. The van der Waals surface area contributed by atoms with Gasteiger partial charge in [-0.1, -0.05) is 36.7 Å². The Morgan fingerprint density at radius 3 is 2.76 bits per heavy atom. The maximum atomic E-state index is 6.39. The van der Waals surface area contributed by atoms with E-state index in [2.05, 4.69) is 36.8 Å². The van der Waals surface area contributed by atoms with Crippen molar-refractivity contribution in [3.05, 3.63) is 34.9 Å². The molecule has 0 bridgehead atoms. The average Bonchev–Trinajstić information content (AvgIpc) is 2.88. The standard InChI is InChI=1S/C17H28ClN3/c1-4-21-11-7-8-14(21)12-20(3)17(13(2)19)15-9-5-6-10-16(15)18/h5-6,9-10,13-14,17H,4,7-8,11-12,19H2,1-3H3. The van der Waals surface area contributed by atoms with Crippen LogP contribution in [-0.2, 0) is 0 Å². The third kappa shape index (κ3) is 3.98. The summed E-state index contributed by atoms with van der Waals surface area (Å²) in [5.41, 5.74) is 7.40. The number of benzene rings is 1. The Labute approximate surface area is 134 Å². The van der Waals surface area contributed by atoms with Gasteiger partial charge in [0.25, 0.3) is 0 Å². The summed E-state index contributed by atoms with van der Waals surface area (Å²) >= 11 is 6.39. The zero-order valence-corrected chi connectivity index (χ0v) is 14.2. The molecule has 1 heterocycles. The highest BCUT2D eigenvalue weighted by molar-refractivity contribution is 6.31. The molecule has 0 aliphatic carbocycles. The van der Waals surface area contributed by atoms with Gasteiger partial charge in [-0.2, -0.15) is 0 Å². The van der Waals surface area contributed by atoms with E-state index in [4.69, 9.17) is 17.3 Å². The molecule has 1 aliphatic rings. The van der Waals surface area contributed by atoms with Crippen molar-refractivity contribution in [2.75, 3.05) is 26.7 Å². The molecule has 0 saturated carbocycles. The van der Waals surface area contributed by atoms with Gasteiger partial charge in [0, 0.05) is 23.7 Å². The molecular formula is C17H28ClN3. The fourth-order valence-corrected chi connectivity index (χ4v) is 3.85. The van der Waals surface area contributed by atoms with Crippen LogP contribution in [-0.4, -0.2) is 48.6 Å². The fourth-order valence-electron chi connectivity index (χ4n) is 3.60. The third-order valence-corrected chi connectivity index (χ3v) is 4.94.